The van der Waals surface area contributed by atoms with Gasteiger partial charge in [0.15, 0.2) is 0 Å². The van der Waals surface area contributed by atoms with Gasteiger partial charge in [0.2, 0.25) is 0 Å². The Balaban J connectivity index is 3.55. The zero-order valence-corrected chi connectivity index (χ0v) is 10.1. The first-order valence-corrected chi connectivity index (χ1v) is 6.18. The molecule has 15 heavy (non-hydrogen) atoms. The number of allylic oxidation sites excluding steroid dienone is 2. The predicted octanol–water partition coefficient (Wildman–Crippen LogP) is 5.34. The van der Waals surface area contributed by atoms with Gasteiger partial charge in [-0.05, 0) is 25.3 Å². The van der Waals surface area contributed by atoms with Crippen molar-refractivity contribution < 1.29 is 8.78 Å². The van der Waals surface area contributed by atoms with Gasteiger partial charge < -0.3 is 0 Å². The molecule has 0 nitrogen and oxygen atoms in total. The van der Waals surface area contributed by atoms with E-state index in [2.05, 4.69) is 6.92 Å². The van der Waals surface area contributed by atoms with Crippen LogP contribution in [0.2, 0.25) is 0 Å². The van der Waals surface area contributed by atoms with Crippen LogP contribution in [-0.4, -0.2) is 5.92 Å². The molecule has 0 aromatic heterocycles. The molecule has 0 fully saturated rings. The Labute approximate surface area is 92.8 Å². The minimum atomic E-state index is -2.58. The largest absolute Gasteiger partial charge is 0.266 e. The van der Waals surface area contributed by atoms with Crippen LogP contribution in [0.15, 0.2) is 12.2 Å². The monoisotopic (exact) mass is 218 g/mol. The molecular formula is C13H24F2. The predicted molar refractivity (Wildman–Crippen MR) is 62.4 cm³/mol. The first-order valence-electron chi connectivity index (χ1n) is 6.18. The Morgan fingerprint density at radius 2 is 1.60 bits per heavy atom. The highest BCUT2D eigenvalue weighted by atomic mass is 19.3. The Morgan fingerprint density at radius 1 is 0.933 bits per heavy atom. The van der Waals surface area contributed by atoms with Crippen molar-refractivity contribution in [2.45, 2.75) is 71.1 Å². The first kappa shape index (κ1) is 14.6. The van der Waals surface area contributed by atoms with Crippen LogP contribution in [0.1, 0.15) is 65.2 Å². The lowest BCUT2D eigenvalue weighted by Crippen LogP contribution is -2.11. The van der Waals surface area contributed by atoms with Gasteiger partial charge >= 0.3 is 0 Å². The van der Waals surface area contributed by atoms with E-state index in [0.29, 0.717) is 6.42 Å². The zero-order valence-electron chi connectivity index (χ0n) is 10.1. The smallest absolute Gasteiger partial charge is 0.202 e. The summed E-state index contributed by atoms with van der Waals surface area (Å²) in [5, 5.41) is 0. The average Bonchev–Trinajstić information content (AvgIpc) is 2.20. The van der Waals surface area contributed by atoms with Gasteiger partial charge in [0, 0.05) is 6.42 Å². The van der Waals surface area contributed by atoms with Crippen LogP contribution in [0.25, 0.3) is 0 Å². The lowest BCUT2D eigenvalue weighted by atomic mass is 10.1. The maximum Gasteiger partial charge on any atom is 0.266 e. The fourth-order valence-corrected chi connectivity index (χ4v) is 1.44. The standard InChI is InChI=1S/C13H24F2/c1-3-5-7-8-9-10-12-13(14,15)11-6-4-2/h10,12H,3-9,11H2,1-2H3/b12-10-. The molecule has 0 rings (SSSR count). The lowest BCUT2D eigenvalue weighted by molar-refractivity contribution is 0.0429. The summed E-state index contributed by atoms with van der Waals surface area (Å²) in [6.07, 6.45) is 9.55. The minimum absolute atomic E-state index is 0.00500. The van der Waals surface area contributed by atoms with E-state index in [4.69, 9.17) is 0 Å². The number of rotatable bonds is 9. The molecular weight excluding hydrogens is 194 g/mol. The van der Waals surface area contributed by atoms with E-state index in [1.54, 1.807) is 6.08 Å². The highest BCUT2D eigenvalue weighted by Crippen LogP contribution is 2.23. The van der Waals surface area contributed by atoms with Gasteiger partial charge in [0.1, 0.15) is 0 Å². The first-order chi connectivity index (χ1) is 7.12. The van der Waals surface area contributed by atoms with Gasteiger partial charge in [-0.1, -0.05) is 45.6 Å². The summed E-state index contributed by atoms with van der Waals surface area (Å²) in [5.74, 6) is -2.58. The molecule has 0 amide bonds. The second kappa shape index (κ2) is 8.87. The third-order valence-electron chi connectivity index (χ3n) is 2.45. The van der Waals surface area contributed by atoms with Crippen molar-refractivity contribution in [1.82, 2.24) is 0 Å². The van der Waals surface area contributed by atoms with Gasteiger partial charge in [-0.15, -0.1) is 0 Å². The molecule has 0 aliphatic heterocycles. The maximum atomic E-state index is 13.1. The van der Waals surface area contributed by atoms with Crippen LogP contribution < -0.4 is 0 Å². The number of unbranched alkanes of at least 4 members (excludes halogenated alkanes) is 5. The minimum Gasteiger partial charge on any atom is -0.202 e. The molecule has 90 valence electrons. The molecule has 0 N–H and O–H groups in total. The van der Waals surface area contributed by atoms with E-state index >= 15 is 0 Å². The number of alkyl halides is 2. The van der Waals surface area contributed by atoms with Crippen LogP contribution in [0.4, 0.5) is 8.78 Å². The van der Waals surface area contributed by atoms with Gasteiger partial charge in [0.05, 0.1) is 0 Å². The molecule has 0 saturated heterocycles. The Hall–Kier alpha value is -0.400. The summed E-state index contributed by atoms with van der Waals surface area (Å²) >= 11 is 0. The fraction of sp³-hybridized carbons (Fsp3) is 0.846. The summed E-state index contributed by atoms with van der Waals surface area (Å²) in [6, 6.07) is 0. The average molecular weight is 218 g/mol. The number of hydrogen-bond acceptors (Lipinski definition) is 0. The van der Waals surface area contributed by atoms with E-state index in [9.17, 15) is 8.78 Å². The van der Waals surface area contributed by atoms with Crippen LogP contribution in [0, 0.1) is 0 Å². The molecule has 0 saturated carbocycles. The molecule has 0 aromatic rings. The van der Waals surface area contributed by atoms with Gasteiger partial charge in [-0.3, -0.25) is 0 Å². The maximum absolute atomic E-state index is 13.1. The fourth-order valence-electron chi connectivity index (χ4n) is 1.44. The molecule has 0 aromatic carbocycles. The lowest BCUT2D eigenvalue weighted by Gasteiger charge is -2.10. The highest BCUT2D eigenvalue weighted by molar-refractivity contribution is 4.94. The van der Waals surface area contributed by atoms with Crippen molar-refractivity contribution >= 4 is 0 Å². The zero-order chi connectivity index (χ0) is 11.6. The van der Waals surface area contributed by atoms with Gasteiger partial charge in [-0.25, -0.2) is 8.78 Å². The van der Waals surface area contributed by atoms with Crippen molar-refractivity contribution in [3.63, 3.8) is 0 Å². The van der Waals surface area contributed by atoms with Crippen LogP contribution in [0.3, 0.4) is 0 Å². The van der Waals surface area contributed by atoms with Crippen molar-refractivity contribution in [2.24, 2.45) is 0 Å². The van der Waals surface area contributed by atoms with Gasteiger partial charge in [-0.2, -0.15) is 0 Å². The van der Waals surface area contributed by atoms with E-state index in [1.165, 1.54) is 12.8 Å². The van der Waals surface area contributed by atoms with Crippen LogP contribution >= 0.6 is 0 Å². The van der Waals surface area contributed by atoms with Crippen molar-refractivity contribution in [2.75, 3.05) is 0 Å². The molecule has 0 spiro atoms. The molecule has 2 heteroatoms. The summed E-state index contributed by atoms with van der Waals surface area (Å²) < 4.78 is 26.2. The van der Waals surface area contributed by atoms with E-state index in [-0.39, 0.29) is 6.42 Å². The molecule has 0 aliphatic rings. The highest BCUT2D eigenvalue weighted by Gasteiger charge is 2.23. The normalized spacial score (nSPS) is 12.5. The van der Waals surface area contributed by atoms with E-state index < -0.39 is 5.92 Å². The Kier molecular flexibility index (Phi) is 8.64. The topological polar surface area (TPSA) is 0 Å². The molecule has 0 heterocycles. The third-order valence-corrected chi connectivity index (χ3v) is 2.45. The Bertz CT molecular complexity index is 162. The second-order valence-electron chi connectivity index (χ2n) is 4.12. The van der Waals surface area contributed by atoms with Crippen molar-refractivity contribution in [1.29, 1.82) is 0 Å². The summed E-state index contributed by atoms with van der Waals surface area (Å²) in [4.78, 5) is 0. The van der Waals surface area contributed by atoms with E-state index in [1.807, 2.05) is 6.92 Å². The van der Waals surface area contributed by atoms with Crippen LogP contribution in [-0.2, 0) is 0 Å². The quantitative estimate of drug-likeness (QED) is 0.362. The van der Waals surface area contributed by atoms with Crippen LogP contribution in [0.5, 0.6) is 0 Å². The van der Waals surface area contributed by atoms with E-state index in [0.717, 1.165) is 31.8 Å². The molecule has 0 radical (unpaired) electrons. The SMILES string of the molecule is CCCCCC/C=C\C(F)(F)CCCC. The summed E-state index contributed by atoms with van der Waals surface area (Å²) in [5.41, 5.74) is 0. The molecule has 0 unspecified atom stereocenters. The summed E-state index contributed by atoms with van der Waals surface area (Å²) in [6.45, 7) is 4.08. The Morgan fingerprint density at radius 3 is 2.20 bits per heavy atom. The molecule has 0 atom stereocenters. The summed E-state index contributed by atoms with van der Waals surface area (Å²) in [7, 11) is 0. The number of halogens is 2. The van der Waals surface area contributed by atoms with Crippen molar-refractivity contribution in [3.8, 4) is 0 Å². The molecule has 0 bridgehead atoms. The van der Waals surface area contributed by atoms with Crippen molar-refractivity contribution in [3.05, 3.63) is 12.2 Å². The third kappa shape index (κ3) is 9.89. The second-order valence-corrected chi connectivity index (χ2v) is 4.12. The van der Waals surface area contributed by atoms with Gasteiger partial charge in [0.25, 0.3) is 5.92 Å². The number of hydrogen-bond donors (Lipinski definition) is 0. The molecule has 0 aliphatic carbocycles.